The van der Waals surface area contributed by atoms with Crippen LogP contribution in [0.2, 0.25) is 0 Å². The summed E-state index contributed by atoms with van der Waals surface area (Å²) in [4.78, 5) is 4.38. The van der Waals surface area contributed by atoms with Crippen LogP contribution < -0.4 is 5.32 Å². The zero-order valence-corrected chi connectivity index (χ0v) is 12.2. The molecular formula is C14H13BrN4O. The third-order valence-corrected chi connectivity index (χ3v) is 3.42. The van der Waals surface area contributed by atoms with Crippen molar-refractivity contribution < 1.29 is 5.11 Å². The molecule has 0 amide bonds. The van der Waals surface area contributed by atoms with Crippen LogP contribution in [0.5, 0.6) is 0 Å². The van der Waals surface area contributed by atoms with Gasteiger partial charge in [0, 0.05) is 17.2 Å². The molecule has 5 nitrogen and oxygen atoms in total. The van der Waals surface area contributed by atoms with Crippen molar-refractivity contribution in [1.29, 1.82) is 0 Å². The zero-order valence-electron chi connectivity index (χ0n) is 10.6. The summed E-state index contributed by atoms with van der Waals surface area (Å²) in [5.41, 5.74) is 2.82. The minimum absolute atomic E-state index is 0.0660. The number of pyridine rings is 1. The minimum Gasteiger partial charge on any atom is -0.392 e. The summed E-state index contributed by atoms with van der Waals surface area (Å²) in [6.45, 7) is 0.709. The molecule has 0 aliphatic carbocycles. The van der Waals surface area contributed by atoms with E-state index in [4.69, 9.17) is 5.11 Å². The first-order valence-corrected chi connectivity index (χ1v) is 6.98. The first-order chi connectivity index (χ1) is 9.74. The number of aromatic nitrogens is 3. The molecule has 0 atom stereocenters. The number of rotatable bonds is 4. The van der Waals surface area contributed by atoms with Crippen molar-refractivity contribution >= 4 is 27.5 Å². The fraction of sp³-hybridized carbons (Fsp3) is 0.143. The van der Waals surface area contributed by atoms with Gasteiger partial charge in [-0.3, -0.25) is 0 Å². The molecule has 0 spiro atoms. The summed E-state index contributed by atoms with van der Waals surface area (Å²) >= 11 is 3.40. The number of nitrogens with one attached hydrogen (secondary N) is 1. The number of halogens is 1. The fourth-order valence-electron chi connectivity index (χ4n) is 1.88. The van der Waals surface area contributed by atoms with Gasteiger partial charge in [0.1, 0.15) is 0 Å². The molecule has 0 saturated carbocycles. The molecule has 0 unspecified atom stereocenters. The van der Waals surface area contributed by atoms with Crippen molar-refractivity contribution in [3.63, 3.8) is 0 Å². The average Bonchev–Trinajstić information content (AvgIpc) is 2.87. The van der Waals surface area contributed by atoms with E-state index in [1.54, 1.807) is 4.52 Å². The van der Waals surface area contributed by atoms with Gasteiger partial charge in [-0.1, -0.05) is 24.3 Å². The van der Waals surface area contributed by atoms with Crippen molar-refractivity contribution in [2.45, 2.75) is 13.2 Å². The molecule has 0 aliphatic rings. The molecule has 2 aromatic heterocycles. The van der Waals surface area contributed by atoms with Crippen LogP contribution in [0.1, 0.15) is 11.1 Å². The molecule has 1 aromatic carbocycles. The summed E-state index contributed by atoms with van der Waals surface area (Å²) in [5.74, 6) is 0.592. The van der Waals surface area contributed by atoms with E-state index in [2.05, 4.69) is 31.3 Å². The van der Waals surface area contributed by atoms with Crippen LogP contribution in [-0.2, 0) is 13.2 Å². The maximum absolute atomic E-state index is 9.00. The van der Waals surface area contributed by atoms with Gasteiger partial charge in [0.15, 0.2) is 5.65 Å². The first kappa shape index (κ1) is 13.1. The minimum atomic E-state index is 0.0660. The van der Waals surface area contributed by atoms with Crippen LogP contribution in [0, 0.1) is 0 Å². The van der Waals surface area contributed by atoms with Crippen LogP contribution in [0.3, 0.4) is 0 Å². The van der Waals surface area contributed by atoms with Gasteiger partial charge in [-0.2, -0.15) is 4.98 Å². The highest BCUT2D eigenvalue weighted by atomic mass is 79.9. The van der Waals surface area contributed by atoms with Crippen LogP contribution in [-0.4, -0.2) is 19.7 Å². The van der Waals surface area contributed by atoms with Crippen LogP contribution in [0.4, 0.5) is 5.95 Å². The van der Waals surface area contributed by atoms with E-state index in [0.29, 0.717) is 12.5 Å². The van der Waals surface area contributed by atoms with Gasteiger partial charge in [0.2, 0.25) is 5.95 Å². The van der Waals surface area contributed by atoms with Crippen LogP contribution in [0.15, 0.2) is 47.1 Å². The molecule has 3 aromatic rings. The normalized spacial score (nSPS) is 10.9. The lowest BCUT2D eigenvalue weighted by Crippen LogP contribution is -2.01. The second kappa shape index (κ2) is 5.60. The number of benzene rings is 1. The lowest BCUT2D eigenvalue weighted by atomic mass is 10.1. The van der Waals surface area contributed by atoms with E-state index < -0.39 is 0 Å². The fourth-order valence-corrected chi connectivity index (χ4v) is 2.20. The maximum Gasteiger partial charge on any atom is 0.243 e. The van der Waals surface area contributed by atoms with Gasteiger partial charge in [0.05, 0.1) is 6.61 Å². The quantitative estimate of drug-likeness (QED) is 0.770. The monoisotopic (exact) mass is 332 g/mol. The highest BCUT2D eigenvalue weighted by molar-refractivity contribution is 9.10. The SMILES string of the molecule is OCc1ccc(CNc2nc3ccc(Br)cn3n2)cc1. The van der Waals surface area contributed by atoms with Gasteiger partial charge < -0.3 is 10.4 Å². The van der Waals surface area contributed by atoms with E-state index in [1.807, 2.05) is 42.6 Å². The second-order valence-electron chi connectivity index (χ2n) is 4.41. The molecule has 0 saturated heterocycles. The lowest BCUT2D eigenvalue weighted by Gasteiger charge is -2.03. The van der Waals surface area contributed by atoms with Gasteiger partial charge >= 0.3 is 0 Å². The van der Waals surface area contributed by atoms with E-state index in [9.17, 15) is 0 Å². The number of aliphatic hydroxyl groups excluding tert-OH is 1. The highest BCUT2D eigenvalue weighted by Crippen LogP contribution is 2.13. The molecule has 6 heteroatoms. The predicted octanol–water partition coefficient (Wildman–Crippen LogP) is 2.60. The Labute approximate surface area is 124 Å². The van der Waals surface area contributed by atoms with E-state index >= 15 is 0 Å². The molecule has 0 radical (unpaired) electrons. The third kappa shape index (κ3) is 2.81. The summed E-state index contributed by atoms with van der Waals surface area (Å²) < 4.78 is 2.68. The topological polar surface area (TPSA) is 62.5 Å². The van der Waals surface area contributed by atoms with Gasteiger partial charge in [0.25, 0.3) is 0 Å². The Morgan fingerprint density at radius 2 is 1.85 bits per heavy atom. The number of anilines is 1. The molecule has 2 N–H and O–H groups in total. The van der Waals surface area contributed by atoms with Crippen molar-refractivity contribution in [2.24, 2.45) is 0 Å². The summed E-state index contributed by atoms with van der Waals surface area (Å²) in [5, 5.41) is 16.5. The highest BCUT2D eigenvalue weighted by Gasteiger charge is 2.03. The van der Waals surface area contributed by atoms with Crippen LogP contribution >= 0.6 is 15.9 Å². The molecule has 2 heterocycles. The van der Waals surface area contributed by atoms with Gasteiger partial charge in [-0.05, 0) is 39.2 Å². The predicted molar refractivity (Wildman–Crippen MR) is 80.4 cm³/mol. The van der Waals surface area contributed by atoms with E-state index in [0.717, 1.165) is 21.2 Å². The zero-order chi connectivity index (χ0) is 13.9. The number of hydrogen-bond acceptors (Lipinski definition) is 4. The van der Waals surface area contributed by atoms with Crippen molar-refractivity contribution in [2.75, 3.05) is 5.32 Å². The van der Waals surface area contributed by atoms with Crippen molar-refractivity contribution in [3.8, 4) is 0 Å². The molecular weight excluding hydrogens is 320 g/mol. The Morgan fingerprint density at radius 1 is 1.10 bits per heavy atom. The Kier molecular flexibility index (Phi) is 3.66. The van der Waals surface area contributed by atoms with Crippen molar-refractivity contribution in [3.05, 3.63) is 58.2 Å². The Morgan fingerprint density at radius 3 is 2.60 bits per heavy atom. The largest absolute Gasteiger partial charge is 0.392 e. The first-order valence-electron chi connectivity index (χ1n) is 6.19. The summed E-state index contributed by atoms with van der Waals surface area (Å²) in [7, 11) is 0. The molecule has 3 rings (SSSR count). The third-order valence-electron chi connectivity index (χ3n) is 2.95. The molecule has 0 aliphatic heterocycles. The maximum atomic E-state index is 9.00. The number of aliphatic hydroxyl groups is 1. The number of hydrogen-bond donors (Lipinski definition) is 2. The number of nitrogens with zero attached hydrogens (tertiary/aromatic N) is 3. The Bertz CT molecular complexity index is 724. The standard InChI is InChI=1S/C14H13BrN4O/c15-12-5-6-13-17-14(18-19(13)8-12)16-7-10-1-3-11(9-20)4-2-10/h1-6,8,20H,7,9H2,(H,16,18). The van der Waals surface area contributed by atoms with E-state index in [-0.39, 0.29) is 6.61 Å². The Hall–Kier alpha value is -1.92. The summed E-state index contributed by atoms with van der Waals surface area (Å²) in [6, 6.07) is 11.6. The van der Waals surface area contributed by atoms with Gasteiger partial charge in [-0.15, -0.1) is 5.10 Å². The summed E-state index contributed by atoms with van der Waals surface area (Å²) in [6.07, 6.45) is 1.86. The number of fused-ring (bicyclic) bond motifs is 1. The Balaban J connectivity index is 1.72. The molecule has 0 bridgehead atoms. The smallest absolute Gasteiger partial charge is 0.243 e. The molecule has 20 heavy (non-hydrogen) atoms. The average molecular weight is 333 g/mol. The van der Waals surface area contributed by atoms with Gasteiger partial charge in [-0.25, -0.2) is 4.52 Å². The molecule has 102 valence electrons. The van der Waals surface area contributed by atoms with Crippen LogP contribution in [0.25, 0.3) is 5.65 Å². The molecule has 0 fully saturated rings. The second-order valence-corrected chi connectivity index (χ2v) is 5.33. The van der Waals surface area contributed by atoms with Crippen molar-refractivity contribution in [1.82, 2.24) is 14.6 Å². The van der Waals surface area contributed by atoms with E-state index in [1.165, 1.54) is 0 Å². The lowest BCUT2D eigenvalue weighted by molar-refractivity contribution is 0.282.